The van der Waals surface area contributed by atoms with Crippen molar-refractivity contribution in [1.82, 2.24) is 4.90 Å². The zero-order valence-electron chi connectivity index (χ0n) is 20.8. The van der Waals surface area contributed by atoms with Crippen LogP contribution < -0.4 is 15.1 Å². The Morgan fingerprint density at radius 3 is 2.64 bits per heavy atom. The van der Waals surface area contributed by atoms with E-state index in [4.69, 9.17) is 18.6 Å². The van der Waals surface area contributed by atoms with E-state index in [0.717, 1.165) is 18.4 Å². The van der Waals surface area contributed by atoms with Crippen molar-refractivity contribution in [2.75, 3.05) is 20.8 Å². The molecule has 8 nitrogen and oxygen atoms in total. The summed E-state index contributed by atoms with van der Waals surface area (Å²) in [6, 6.07) is 13.4. The van der Waals surface area contributed by atoms with Crippen LogP contribution in [-0.4, -0.2) is 37.5 Å². The number of esters is 1. The number of nitrogens with zero attached hydrogens (tertiary/aromatic N) is 1. The number of fused-ring (bicyclic) bond motifs is 1. The van der Waals surface area contributed by atoms with Crippen molar-refractivity contribution in [3.05, 3.63) is 70.1 Å². The van der Waals surface area contributed by atoms with Crippen LogP contribution in [0.4, 0.5) is 0 Å². The van der Waals surface area contributed by atoms with Crippen molar-refractivity contribution in [3.8, 4) is 11.5 Å². The fourth-order valence-corrected chi connectivity index (χ4v) is 4.80. The molecule has 1 aromatic heterocycles. The van der Waals surface area contributed by atoms with Gasteiger partial charge in [0.05, 0.1) is 26.2 Å². The number of rotatable bonds is 9. The second-order valence-corrected chi connectivity index (χ2v) is 8.83. The zero-order chi connectivity index (χ0) is 25.7. The maximum Gasteiger partial charge on any atom is 0.336 e. The van der Waals surface area contributed by atoms with Gasteiger partial charge in [0, 0.05) is 41.6 Å². The third kappa shape index (κ3) is 5.22. The Morgan fingerprint density at radius 1 is 1.08 bits per heavy atom. The fraction of sp³-hybridized carbons (Fsp3) is 0.393. The van der Waals surface area contributed by atoms with Gasteiger partial charge in [0.15, 0.2) is 0 Å². The molecule has 2 heterocycles. The van der Waals surface area contributed by atoms with Crippen molar-refractivity contribution in [3.63, 3.8) is 0 Å². The van der Waals surface area contributed by atoms with Gasteiger partial charge >= 0.3 is 11.6 Å². The number of carbonyl (C=O) groups excluding carboxylic acids is 2. The summed E-state index contributed by atoms with van der Waals surface area (Å²) in [7, 11) is 3.11. The molecule has 0 spiro atoms. The zero-order valence-corrected chi connectivity index (χ0v) is 20.8. The molecule has 1 aliphatic rings. The number of likely N-dealkylation sites (tertiary alicyclic amines) is 1. The molecule has 1 fully saturated rings. The van der Waals surface area contributed by atoms with Gasteiger partial charge in [-0.05, 0) is 31.0 Å². The number of piperidine rings is 1. The number of hydrogen-bond donors (Lipinski definition) is 0. The van der Waals surface area contributed by atoms with E-state index in [9.17, 15) is 14.4 Å². The Kier molecular flexibility index (Phi) is 7.93. The number of carbonyl (C=O) groups is 2. The Bertz CT molecular complexity index is 1300. The average molecular weight is 494 g/mol. The van der Waals surface area contributed by atoms with Gasteiger partial charge in [-0.25, -0.2) is 4.79 Å². The van der Waals surface area contributed by atoms with Gasteiger partial charge in [0.2, 0.25) is 5.91 Å². The van der Waals surface area contributed by atoms with Gasteiger partial charge in [0.1, 0.15) is 23.7 Å². The summed E-state index contributed by atoms with van der Waals surface area (Å²) >= 11 is 0. The maximum absolute atomic E-state index is 13.5. The first kappa shape index (κ1) is 25.3. The highest BCUT2D eigenvalue weighted by molar-refractivity contribution is 5.84. The maximum atomic E-state index is 13.5. The number of ether oxygens (including phenoxy) is 3. The summed E-state index contributed by atoms with van der Waals surface area (Å²) in [5, 5.41) is 0.660. The van der Waals surface area contributed by atoms with E-state index in [-0.39, 0.29) is 18.9 Å². The molecule has 190 valence electrons. The average Bonchev–Trinajstić information content (AvgIpc) is 2.90. The van der Waals surface area contributed by atoms with Crippen LogP contribution in [0.5, 0.6) is 11.5 Å². The molecule has 36 heavy (non-hydrogen) atoms. The lowest BCUT2D eigenvalue weighted by atomic mass is 9.83. The predicted molar refractivity (Wildman–Crippen MR) is 134 cm³/mol. The number of amides is 1. The van der Waals surface area contributed by atoms with Gasteiger partial charge in [-0.15, -0.1) is 0 Å². The molecule has 0 unspecified atom stereocenters. The van der Waals surface area contributed by atoms with Crippen LogP contribution in [-0.2, 0) is 20.9 Å². The third-order valence-corrected chi connectivity index (χ3v) is 6.63. The van der Waals surface area contributed by atoms with Crippen LogP contribution >= 0.6 is 0 Å². The lowest BCUT2D eigenvalue weighted by Crippen LogP contribution is -2.46. The molecule has 0 radical (unpaired) electrons. The quantitative estimate of drug-likeness (QED) is 0.317. The summed E-state index contributed by atoms with van der Waals surface area (Å²) in [4.78, 5) is 40.3. The van der Waals surface area contributed by atoms with E-state index in [1.807, 2.05) is 24.3 Å². The van der Waals surface area contributed by atoms with Crippen molar-refractivity contribution in [2.24, 2.45) is 5.92 Å². The molecule has 0 saturated carbocycles. The van der Waals surface area contributed by atoms with Gasteiger partial charge in [0.25, 0.3) is 0 Å². The number of unbranched alkanes of at least 4 members (excludes halogenated alkanes) is 1. The van der Waals surface area contributed by atoms with E-state index in [0.29, 0.717) is 41.0 Å². The van der Waals surface area contributed by atoms with Crippen LogP contribution in [0, 0.1) is 5.92 Å². The fourth-order valence-electron chi connectivity index (χ4n) is 4.80. The summed E-state index contributed by atoms with van der Waals surface area (Å²) in [5.74, 6) is 0.205. The Hall–Kier alpha value is -3.81. The van der Waals surface area contributed by atoms with Crippen molar-refractivity contribution >= 4 is 22.8 Å². The van der Waals surface area contributed by atoms with Crippen molar-refractivity contribution < 1.29 is 28.2 Å². The lowest BCUT2D eigenvalue weighted by Gasteiger charge is -2.41. The first-order chi connectivity index (χ1) is 17.5. The molecule has 8 heteroatoms. The molecule has 1 saturated heterocycles. The largest absolute Gasteiger partial charge is 0.497 e. The molecular weight excluding hydrogens is 462 g/mol. The molecule has 0 N–H and O–H groups in total. The molecule has 0 aliphatic carbocycles. The van der Waals surface area contributed by atoms with Gasteiger partial charge < -0.3 is 23.5 Å². The number of para-hydroxylation sites is 1. The second-order valence-electron chi connectivity index (χ2n) is 8.83. The molecule has 1 amide bonds. The summed E-state index contributed by atoms with van der Waals surface area (Å²) < 4.78 is 21.9. The highest BCUT2D eigenvalue weighted by Gasteiger charge is 2.42. The first-order valence-electron chi connectivity index (χ1n) is 12.2. The number of hydrogen-bond acceptors (Lipinski definition) is 7. The van der Waals surface area contributed by atoms with Crippen LogP contribution in [0.15, 0.2) is 57.7 Å². The highest BCUT2D eigenvalue weighted by atomic mass is 16.5. The Labute approximate surface area is 209 Å². The van der Waals surface area contributed by atoms with Crippen LogP contribution in [0.2, 0.25) is 0 Å². The van der Waals surface area contributed by atoms with Crippen LogP contribution in [0.3, 0.4) is 0 Å². The lowest BCUT2D eigenvalue weighted by molar-refractivity contribution is -0.158. The SMILES string of the molecule is CCCCN1C(=O)CC[C@@H](C(=O)OCc2cc(=O)oc3cc(OC)ccc23)[C@@H]1c1ccccc1OC. The molecule has 2 atom stereocenters. The normalized spacial score (nSPS) is 17.8. The van der Waals surface area contributed by atoms with E-state index < -0.39 is 23.6 Å². The first-order valence-corrected chi connectivity index (χ1v) is 12.2. The van der Waals surface area contributed by atoms with Crippen LogP contribution in [0.1, 0.15) is 49.8 Å². The van der Waals surface area contributed by atoms with Crippen molar-refractivity contribution in [2.45, 2.75) is 45.3 Å². The molecule has 3 aromatic rings. The minimum absolute atomic E-state index is 0.0176. The van der Waals surface area contributed by atoms with Crippen molar-refractivity contribution in [1.29, 1.82) is 0 Å². The predicted octanol–water partition coefficient (Wildman–Crippen LogP) is 4.63. The topological polar surface area (TPSA) is 95.3 Å². The summed E-state index contributed by atoms with van der Waals surface area (Å²) in [6.07, 6.45) is 2.39. The monoisotopic (exact) mass is 493 g/mol. The highest BCUT2D eigenvalue weighted by Crippen LogP contribution is 2.41. The Morgan fingerprint density at radius 2 is 1.89 bits per heavy atom. The molecule has 1 aliphatic heterocycles. The van der Waals surface area contributed by atoms with E-state index in [1.165, 1.54) is 13.2 Å². The summed E-state index contributed by atoms with van der Waals surface area (Å²) in [6.45, 7) is 2.52. The van der Waals surface area contributed by atoms with Gasteiger partial charge in [-0.3, -0.25) is 9.59 Å². The molecule has 0 bridgehead atoms. The smallest absolute Gasteiger partial charge is 0.336 e. The molecular formula is C28H31NO7. The number of benzene rings is 2. The van der Waals surface area contributed by atoms with E-state index in [2.05, 4.69) is 6.92 Å². The summed E-state index contributed by atoms with van der Waals surface area (Å²) in [5.41, 5.74) is 1.14. The second kappa shape index (κ2) is 11.3. The van der Waals surface area contributed by atoms with E-state index >= 15 is 0 Å². The standard InChI is InChI=1S/C28H31NO7/c1-4-5-14-29-25(30)13-12-22(27(29)21-8-6-7-9-23(21)34-3)28(32)35-17-18-15-26(31)36-24-16-19(33-2)10-11-20(18)24/h6-11,15-16,22,27H,4-5,12-14,17H2,1-3H3/t22-,27+/m1/s1. The van der Waals surface area contributed by atoms with E-state index in [1.54, 1.807) is 30.2 Å². The Balaban J connectivity index is 1.63. The molecule has 2 aromatic carbocycles. The third-order valence-electron chi connectivity index (χ3n) is 6.63. The molecule has 4 rings (SSSR count). The minimum Gasteiger partial charge on any atom is -0.497 e. The van der Waals surface area contributed by atoms with Crippen LogP contribution in [0.25, 0.3) is 11.0 Å². The number of methoxy groups -OCH3 is 2. The minimum atomic E-state index is -0.567. The van der Waals surface area contributed by atoms with Gasteiger partial charge in [-0.2, -0.15) is 0 Å². The van der Waals surface area contributed by atoms with Gasteiger partial charge in [-0.1, -0.05) is 31.5 Å².